The maximum absolute atomic E-state index is 14.4. The predicted molar refractivity (Wildman–Crippen MR) is 84.7 cm³/mol. The summed E-state index contributed by atoms with van der Waals surface area (Å²) in [5, 5.41) is 0. The summed E-state index contributed by atoms with van der Waals surface area (Å²) in [7, 11) is -4.01. The molecule has 1 aliphatic rings. The molecule has 1 saturated carbocycles. The minimum absolute atomic E-state index is 0.0746. The first-order chi connectivity index (χ1) is 11.4. The van der Waals surface area contributed by atoms with Crippen LogP contribution in [-0.2, 0) is 14.6 Å². The molecule has 0 N–H and O–H groups in total. The van der Waals surface area contributed by atoms with Crippen LogP contribution in [0.4, 0.5) is 13.2 Å². The smallest absolute Gasteiger partial charge is 0.188 e. The summed E-state index contributed by atoms with van der Waals surface area (Å²) in [5.41, 5.74) is -0.133. The molecule has 1 fully saturated rings. The first kappa shape index (κ1) is 17.0. The van der Waals surface area contributed by atoms with Gasteiger partial charge < -0.3 is 0 Å². The van der Waals surface area contributed by atoms with Crippen molar-refractivity contribution in [3.63, 3.8) is 0 Å². The zero-order valence-electron chi connectivity index (χ0n) is 12.9. The van der Waals surface area contributed by atoms with Crippen LogP contribution in [0, 0.1) is 17.5 Å². The van der Waals surface area contributed by atoms with Gasteiger partial charge in [-0.2, -0.15) is 0 Å². The van der Waals surface area contributed by atoms with Crippen molar-refractivity contribution in [2.24, 2.45) is 0 Å². The number of rotatable bonds is 3. The summed E-state index contributed by atoms with van der Waals surface area (Å²) in [6.07, 6.45) is 2.49. The summed E-state index contributed by atoms with van der Waals surface area (Å²) in [4.78, 5) is -0.0746. The Labute approximate surface area is 139 Å². The summed E-state index contributed by atoms with van der Waals surface area (Å²) >= 11 is 0. The SMILES string of the molecule is O=S(=O)(c1ccc(F)cc1)C1(c2cc(F)ccc2F)CCCCC1. The van der Waals surface area contributed by atoms with Crippen LogP contribution in [-0.4, -0.2) is 8.42 Å². The lowest BCUT2D eigenvalue weighted by atomic mass is 9.82. The van der Waals surface area contributed by atoms with Gasteiger partial charge in [0.15, 0.2) is 9.84 Å². The van der Waals surface area contributed by atoms with Gasteiger partial charge in [0.1, 0.15) is 22.2 Å². The Morgan fingerprint density at radius 2 is 1.38 bits per heavy atom. The van der Waals surface area contributed by atoms with Crippen LogP contribution < -0.4 is 0 Å². The molecule has 0 amide bonds. The average Bonchev–Trinajstić information content (AvgIpc) is 2.58. The molecule has 2 nitrogen and oxygen atoms in total. The van der Waals surface area contributed by atoms with E-state index in [-0.39, 0.29) is 23.3 Å². The molecule has 0 aliphatic heterocycles. The molecule has 0 atom stereocenters. The zero-order valence-corrected chi connectivity index (χ0v) is 13.8. The van der Waals surface area contributed by atoms with Crippen molar-refractivity contribution < 1.29 is 21.6 Å². The van der Waals surface area contributed by atoms with Gasteiger partial charge in [-0.1, -0.05) is 19.3 Å². The lowest BCUT2D eigenvalue weighted by Crippen LogP contribution is -2.39. The Hall–Kier alpha value is -1.82. The molecular weight excluding hydrogens is 337 g/mol. The standard InChI is InChI=1S/C18H17F3O2S/c19-13-4-7-15(8-5-13)24(22,23)18(10-2-1-3-11-18)16-12-14(20)6-9-17(16)21/h4-9,12H,1-3,10-11H2. The summed E-state index contributed by atoms with van der Waals surface area (Å²) in [6, 6.07) is 7.38. The molecule has 0 saturated heterocycles. The Bertz CT molecular complexity index is 839. The van der Waals surface area contributed by atoms with Gasteiger partial charge in [0, 0.05) is 5.56 Å². The minimum atomic E-state index is -4.01. The van der Waals surface area contributed by atoms with E-state index < -0.39 is 32.0 Å². The van der Waals surface area contributed by atoms with Gasteiger partial charge in [-0.3, -0.25) is 0 Å². The Kier molecular flexibility index (Phi) is 4.42. The minimum Gasteiger partial charge on any atom is -0.223 e. The van der Waals surface area contributed by atoms with Crippen molar-refractivity contribution in [2.75, 3.05) is 0 Å². The highest BCUT2D eigenvalue weighted by molar-refractivity contribution is 7.92. The largest absolute Gasteiger partial charge is 0.223 e. The molecule has 2 aromatic carbocycles. The highest BCUT2D eigenvalue weighted by Gasteiger charge is 2.48. The van der Waals surface area contributed by atoms with Gasteiger partial charge in [0.2, 0.25) is 0 Å². The predicted octanol–water partition coefficient (Wildman–Crippen LogP) is 4.74. The number of hydrogen-bond donors (Lipinski definition) is 0. The van der Waals surface area contributed by atoms with Gasteiger partial charge in [-0.15, -0.1) is 0 Å². The molecule has 6 heteroatoms. The van der Waals surface area contributed by atoms with E-state index in [9.17, 15) is 21.6 Å². The van der Waals surface area contributed by atoms with E-state index in [0.717, 1.165) is 36.8 Å². The van der Waals surface area contributed by atoms with Gasteiger partial charge in [0.05, 0.1) is 4.90 Å². The molecule has 0 radical (unpaired) electrons. The van der Waals surface area contributed by atoms with Crippen LogP contribution >= 0.6 is 0 Å². The maximum atomic E-state index is 14.4. The highest BCUT2D eigenvalue weighted by atomic mass is 32.2. The molecule has 128 valence electrons. The van der Waals surface area contributed by atoms with Gasteiger partial charge in [-0.25, -0.2) is 21.6 Å². The maximum Gasteiger partial charge on any atom is 0.188 e. The molecule has 0 bridgehead atoms. The molecule has 24 heavy (non-hydrogen) atoms. The fourth-order valence-corrected chi connectivity index (χ4v) is 5.71. The number of hydrogen-bond acceptors (Lipinski definition) is 2. The van der Waals surface area contributed by atoms with Crippen molar-refractivity contribution in [3.8, 4) is 0 Å². The third-order valence-corrected chi connectivity index (χ3v) is 7.27. The van der Waals surface area contributed by atoms with Gasteiger partial charge in [-0.05, 0) is 55.3 Å². The third-order valence-electron chi connectivity index (χ3n) is 4.72. The Balaban J connectivity index is 2.22. The molecule has 0 unspecified atom stereocenters. The Morgan fingerprint density at radius 1 is 0.792 bits per heavy atom. The van der Waals surface area contributed by atoms with Crippen molar-refractivity contribution in [2.45, 2.75) is 41.7 Å². The van der Waals surface area contributed by atoms with Crippen molar-refractivity contribution >= 4 is 9.84 Å². The summed E-state index contributed by atoms with van der Waals surface area (Å²) < 4.78 is 66.3. The average molecular weight is 354 g/mol. The van der Waals surface area contributed by atoms with Crippen molar-refractivity contribution in [1.82, 2.24) is 0 Å². The van der Waals surface area contributed by atoms with Crippen LogP contribution in [0.15, 0.2) is 47.4 Å². The van der Waals surface area contributed by atoms with E-state index in [2.05, 4.69) is 0 Å². The molecular formula is C18H17F3O2S. The Morgan fingerprint density at radius 3 is 2.00 bits per heavy atom. The number of benzene rings is 2. The van der Waals surface area contributed by atoms with E-state index in [1.165, 1.54) is 12.1 Å². The monoisotopic (exact) mass is 354 g/mol. The second-order valence-electron chi connectivity index (χ2n) is 6.14. The van der Waals surface area contributed by atoms with Crippen LogP contribution in [0.2, 0.25) is 0 Å². The second kappa shape index (κ2) is 6.24. The van der Waals surface area contributed by atoms with Crippen molar-refractivity contribution in [3.05, 3.63) is 65.5 Å². The zero-order chi connectivity index (χ0) is 17.4. The topological polar surface area (TPSA) is 34.1 Å². The van der Waals surface area contributed by atoms with Crippen LogP contribution in [0.25, 0.3) is 0 Å². The van der Waals surface area contributed by atoms with E-state index in [0.29, 0.717) is 12.8 Å². The molecule has 0 aromatic heterocycles. The lowest BCUT2D eigenvalue weighted by Gasteiger charge is -2.37. The highest BCUT2D eigenvalue weighted by Crippen LogP contribution is 2.47. The van der Waals surface area contributed by atoms with E-state index >= 15 is 0 Å². The molecule has 0 heterocycles. The van der Waals surface area contributed by atoms with Gasteiger partial charge in [0.25, 0.3) is 0 Å². The number of halogens is 3. The lowest BCUT2D eigenvalue weighted by molar-refractivity contribution is 0.367. The van der Waals surface area contributed by atoms with Crippen LogP contribution in [0.5, 0.6) is 0 Å². The van der Waals surface area contributed by atoms with E-state index in [1.54, 1.807) is 0 Å². The molecule has 3 rings (SSSR count). The summed E-state index contributed by atoms with van der Waals surface area (Å²) in [6.45, 7) is 0. The quantitative estimate of drug-likeness (QED) is 0.746. The fourth-order valence-electron chi connectivity index (χ4n) is 3.49. The normalized spacial score (nSPS) is 17.6. The first-order valence-corrected chi connectivity index (χ1v) is 9.31. The first-order valence-electron chi connectivity index (χ1n) is 7.83. The molecule has 1 aliphatic carbocycles. The fraction of sp³-hybridized carbons (Fsp3) is 0.333. The van der Waals surface area contributed by atoms with Crippen LogP contribution in [0.3, 0.4) is 0 Å². The van der Waals surface area contributed by atoms with Crippen molar-refractivity contribution in [1.29, 1.82) is 0 Å². The summed E-state index contributed by atoms with van der Waals surface area (Å²) in [5.74, 6) is -1.96. The molecule has 2 aromatic rings. The van der Waals surface area contributed by atoms with Crippen LogP contribution in [0.1, 0.15) is 37.7 Å². The molecule has 0 spiro atoms. The second-order valence-corrected chi connectivity index (χ2v) is 8.40. The third kappa shape index (κ3) is 2.73. The van der Waals surface area contributed by atoms with Gasteiger partial charge >= 0.3 is 0 Å². The van der Waals surface area contributed by atoms with E-state index in [4.69, 9.17) is 0 Å². The van der Waals surface area contributed by atoms with E-state index in [1.807, 2.05) is 0 Å². The number of sulfone groups is 1.